The number of benzene rings is 2. The molecule has 3 aromatic rings. The predicted octanol–water partition coefficient (Wildman–Crippen LogP) is 5.02. The second-order valence-corrected chi connectivity index (χ2v) is 6.88. The maximum absolute atomic E-state index is 5.69. The van der Waals surface area contributed by atoms with Crippen molar-refractivity contribution in [2.24, 2.45) is 0 Å². The highest BCUT2D eigenvalue weighted by Gasteiger charge is 2.08. The van der Waals surface area contributed by atoms with Crippen LogP contribution in [0, 0.1) is 6.92 Å². The highest BCUT2D eigenvalue weighted by atomic mass is 79.9. The Bertz CT molecular complexity index is 738. The van der Waals surface area contributed by atoms with Crippen LogP contribution in [-0.4, -0.2) is 10.2 Å². The Morgan fingerprint density at radius 2 is 1.64 bits per heavy atom. The molecule has 0 spiro atoms. The zero-order valence-corrected chi connectivity index (χ0v) is 14.5. The van der Waals surface area contributed by atoms with E-state index in [0.717, 1.165) is 10.2 Å². The monoisotopic (exact) mass is 374 g/mol. The number of halogens is 1. The van der Waals surface area contributed by atoms with Crippen molar-refractivity contribution in [3.63, 3.8) is 0 Å². The van der Waals surface area contributed by atoms with E-state index in [9.17, 15) is 0 Å². The van der Waals surface area contributed by atoms with Gasteiger partial charge in [-0.15, -0.1) is 10.2 Å². The maximum Gasteiger partial charge on any atom is 0.276 e. The Morgan fingerprint density at radius 3 is 2.36 bits per heavy atom. The van der Waals surface area contributed by atoms with Gasteiger partial charge in [0, 0.05) is 10.2 Å². The number of rotatable bonds is 5. The normalized spacial score (nSPS) is 10.8. The summed E-state index contributed by atoms with van der Waals surface area (Å²) in [5.41, 5.74) is 3.66. The van der Waals surface area contributed by atoms with Crippen LogP contribution in [0.5, 0.6) is 0 Å². The van der Waals surface area contributed by atoms with E-state index in [-0.39, 0.29) is 0 Å². The Morgan fingerprint density at radius 1 is 0.955 bits per heavy atom. The molecule has 0 unspecified atom stereocenters. The van der Waals surface area contributed by atoms with Crippen molar-refractivity contribution in [1.82, 2.24) is 10.2 Å². The van der Waals surface area contributed by atoms with E-state index in [1.165, 1.54) is 16.7 Å². The van der Waals surface area contributed by atoms with E-state index < -0.39 is 0 Å². The Kier molecular flexibility index (Phi) is 4.95. The van der Waals surface area contributed by atoms with Crippen molar-refractivity contribution in [3.8, 4) is 0 Å². The molecule has 3 nitrogen and oxygen atoms in total. The van der Waals surface area contributed by atoms with E-state index in [4.69, 9.17) is 4.42 Å². The molecular weight excluding hydrogens is 360 g/mol. The summed E-state index contributed by atoms with van der Waals surface area (Å²) in [6.45, 7) is 2.08. The summed E-state index contributed by atoms with van der Waals surface area (Å²) in [6, 6.07) is 16.6. The first-order valence-corrected chi connectivity index (χ1v) is 8.72. The van der Waals surface area contributed by atoms with E-state index in [0.29, 0.717) is 17.5 Å². The molecule has 0 saturated carbocycles. The van der Waals surface area contributed by atoms with E-state index in [1.807, 2.05) is 12.1 Å². The molecule has 0 amide bonds. The van der Waals surface area contributed by atoms with E-state index in [2.05, 4.69) is 69.4 Å². The summed E-state index contributed by atoms with van der Waals surface area (Å²) in [5.74, 6) is 1.47. The van der Waals surface area contributed by atoms with Gasteiger partial charge < -0.3 is 4.42 Å². The van der Waals surface area contributed by atoms with Gasteiger partial charge in [-0.05, 0) is 30.2 Å². The number of hydrogen-bond acceptors (Lipinski definition) is 4. The van der Waals surface area contributed by atoms with Crippen molar-refractivity contribution in [2.75, 3.05) is 0 Å². The minimum absolute atomic E-state index is 0.616. The molecule has 22 heavy (non-hydrogen) atoms. The number of aryl methyl sites for hydroxylation is 1. The Balaban J connectivity index is 1.59. The minimum atomic E-state index is 0.616. The number of nitrogens with zero attached hydrogens (tertiary/aromatic N) is 2. The van der Waals surface area contributed by atoms with Crippen molar-refractivity contribution >= 4 is 27.7 Å². The van der Waals surface area contributed by atoms with Crippen molar-refractivity contribution in [3.05, 3.63) is 75.6 Å². The largest absolute Gasteiger partial charge is 0.416 e. The van der Waals surface area contributed by atoms with Crippen molar-refractivity contribution in [1.29, 1.82) is 0 Å². The smallest absolute Gasteiger partial charge is 0.276 e. The molecule has 0 aliphatic heterocycles. The molecule has 0 saturated heterocycles. The number of hydrogen-bond donors (Lipinski definition) is 0. The van der Waals surface area contributed by atoms with E-state index >= 15 is 0 Å². The molecule has 1 heterocycles. The lowest BCUT2D eigenvalue weighted by Gasteiger charge is -1.99. The van der Waals surface area contributed by atoms with Gasteiger partial charge in [0.2, 0.25) is 5.89 Å². The molecule has 0 atom stereocenters. The first-order chi connectivity index (χ1) is 10.7. The van der Waals surface area contributed by atoms with Crippen LogP contribution in [0.2, 0.25) is 0 Å². The first kappa shape index (κ1) is 15.3. The van der Waals surface area contributed by atoms with Crippen LogP contribution in [-0.2, 0) is 12.2 Å². The molecule has 1 aromatic heterocycles. The summed E-state index contributed by atoms with van der Waals surface area (Å²) in [7, 11) is 0. The predicted molar refractivity (Wildman–Crippen MR) is 92.0 cm³/mol. The number of thioether (sulfide) groups is 1. The first-order valence-electron chi connectivity index (χ1n) is 6.94. The van der Waals surface area contributed by atoms with Gasteiger partial charge in [-0.3, -0.25) is 0 Å². The maximum atomic E-state index is 5.69. The van der Waals surface area contributed by atoms with Gasteiger partial charge in [-0.25, -0.2) is 0 Å². The second kappa shape index (κ2) is 7.11. The lowest BCUT2D eigenvalue weighted by molar-refractivity contribution is 0.420. The lowest BCUT2D eigenvalue weighted by atomic mass is 10.1. The third-order valence-electron chi connectivity index (χ3n) is 3.20. The molecule has 0 aliphatic rings. The molecule has 3 rings (SSSR count). The third kappa shape index (κ3) is 4.21. The highest BCUT2D eigenvalue weighted by Crippen LogP contribution is 2.23. The van der Waals surface area contributed by atoms with Crippen LogP contribution in [0.1, 0.15) is 22.6 Å². The standard InChI is InChI=1S/C17H15BrN2OS/c1-12-2-4-13(5-3-12)10-16-19-20-17(21-16)22-11-14-6-8-15(18)9-7-14/h2-9H,10-11H2,1H3. The zero-order chi connectivity index (χ0) is 15.4. The molecule has 0 aliphatic carbocycles. The fraction of sp³-hybridized carbons (Fsp3) is 0.176. The quantitative estimate of drug-likeness (QED) is 0.587. The SMILES string of the molecule is Cc1ccc(Cc2nnc(SCc3ccc(Br)cc3)o2)cc1. The second-order valence-electron chi connectivity index (χ2n) is 5.04. The van der Waals surface area contributed by atoms with Crippen LogP contribution in [0.4, 0.5) is 0 Å². The van der Waals surface area contributed by atoms with Gasteiger partial charge in [0.25, 0.3) is 5.22 Å². The van der Waals surface area contributed by atoms with Gasteiger partial charge in [0.15, 0.2) is 0 Å². The molecule has 2 aromatic carbocycles. The number of aromatic nitrogens is 2. The van der Waals surface area contributed by atoms with Gasteiger partial charge in [0.1, 0.15) is 0 Å². The average Bonchev–Trinajstić information content (AvgIpc) is 2.97. The fourth-order valence-corrected chi connectivity index (χ4v) is 2.97. The molecule has 0 bridgehead atoms. The summed E-state index contributed by atoms with van der Waals surface area (Å²) in [6.07, 6.45) is 0.673. The van der Waals surface area contributed by atoms with Gasteiger partial charge in [-0.1, -0.05) is 69.7 Å². The van der Waals surface area contributed by atoms with Crippen LogP contribution < -0.4 is 0 Å². The van der Waals surface area contributed by atoms with Gasteiger partial charge in [-0.2, -0.15) is 0 Å². The Hall–Kier alpha value is -1.59. The van der Waals surface area contributed by atoms with E-state index in [1.54, 1.807) is 11.8 Å². The highest BCUT2D eigenvalue weighted by molar-refractivity contribution is 9.10. The average molecular weight is 375 g/mol. The van der Waals surface area contributed by atoms with Crippen LogP contribution in [0.15, 0.2) is 62.6 Å². The van der Waals surface area contributed by atoms with Crippen LogP contribution >= 0.6 is 27.7 Å². The molecule has 0 radical (unpaired) electrons. The molecular formula is C17H15BrN2OS. The van der Waals surface area contributed by atoms with Crippen LogP contribution in [0.25, 0.3) is 0 Å². The van der Waals surface area contributed by atoms with Crippen molar-refractivity contribution < 1.29 is 4.42 Å². The molecule has 5 heteroatoms. The molecule has 0 N–H and O–H groups in total. The summed E-state index contributed by atoms with van der Waals surface area (Å²) < 4.78 is 6.78. The fourth-order valence-electron chi connectivity index (χ4n) is 1.97. The topological polar surface area (TPSA) is 38.9 Å². The van der Waals surface area contributed by atoms with Gasteiger partial charge >= 0.3 is 0 Å². The minimum Gasteiger partial charge on any atom is -0.416 e. The lowest BCUT2D eigenvalue weighted by Crippen LogP contribution is -1.88. The van der Waals surface area contributed by atoms with Gasteiger partial charge in [0.05, 0.1) is 6.42 Å². The summed E-state index contributed by atoms with van der Waals surface area (Å²) in [5, 5.41) is 8.83. The molecule has 0 fully saturated rings. The molecule has 112 valence electrons. The zero-order valence-electron chi connectivity index (χ0n) is 12.1. The summed E-state index contributed by atoms with van der Waals surface area (Å²) in [4.78, 5) is 0. The summed E-state index contributed by atoms with van der Waals surface area (Å²) >= 11 is 4.99. The third-order valence-corrected chi connectivity index (χ3v) is 4.62. The Labute approximate surface area is 142 Å². The van der Waals surface area contributed by atoms with Crippen LogP contribution in [0.3, 0.4) is 0 Å². The van der Waals surface area contributed by atoms with Crippen molar-refractivity contribution in [2.45, 2.75) is 24.3 Å².